The number of nitrogens with one attached hydrogen (secondary N) is 2. The van der Waals surface area contributed by atoms with Crippen LogP contribution in [-0.4, -0.2) is 30.9 Å². The highest BCUT2D eigenvalue weighted by molar-refractivity contribution is 8.01. The van der Waals surface area contributed by atoms with E-state index >= 15 is 0 Å². The van der Waals surface area contributed by atoms with E-state index < -0.39 is 10.0 Å². The van der Waals surface area contributed by atoms with Gasteiger partial charge in [0.15, 0.2) is 4.34 Å². The summed E-state index contributed by atoms with van der Waals surface area (Å²) in [5.41, 5.74) is 0.950. The minimum atomic E-state index is -3.46. The first-order chi connectivity index (χ1) is 12.1. The molecule has 1 heterocycles. The van der Waals surface area contributed by atoms with E-state index in [4.69, 9.17) is 0 Å². The van der Waals surface area contributed by atoms with Crippen LogP contribution in [0, 0.1) is 0 Å². The Labute approximate surface area is 154 Å². The third-order valence-electron chi connectivity index (χ3n) is 3.10. The first-order valence-corrected chi connectivity index (χ1v) is 10.8. The van der Waals surface area contributed by atoms with Crippen LogP contribution in [0.4, 0.5) is 10.8 Å². The lowest BCUT2D eigenvalue weighted by Crippen LogP contribution is -2.25. The van der Waals surface area contributed by atoms with E-state index in [1.807, 2.05) is 30.3 Å². The Morgan fingerprint density at radius 3 is 2.36 bits per heavy atom. The summed E-state index contributed by atoms with van der Waals surface area (Å²) < 4.78 is 27.6. The fourth-order valence-corrected chi connectivity index (χ4v) is 4.84. The summed E-state index contributed by atoms with van der Waals surface area (Å²) in [5.74, 6) is 0.575. The van der Waals surface area contributed by atoms with E-state index in [1.165, 1.54) is 23.1 Å². The van der Waals surface area contributed by atoms with Crippen molar-refractivity contribution in [3.8, 4) is 0 Å². The molecule has 0 atom stereocenters. The molecule has 0 aliphatic heterocycles. The molecule has 6 nitrogen and oxygen atoms in total. The Hall–Kier alpha value is -1.94. The molecule has 0 aliphatic rings. The summed E-state index contributed by atoms with van der Waals surface area (Å²) in [7, 11) is -3.46. The van der Waals surface area contributed by atoms with E-state index in [1.54, 1.807) is 30.3 Å². The molecule has 0 radical (unpaired) electrons. The minimum absolute atomic E-state index is 0.269. The average molecular weight is 393 g/mol. The smallest absolute Gasteiger partial charge is 0.240 e. The standard InChI is InChI=1S/C16H16N4O2S3/c21-25(22,14-9-5-2-6-10-14)17-11-12-23-16-20-19-15(24-16)18-13-7-3-1-4-8-13/h1-10,17H,11-12H2,(H,18,19). The van der Waals surface area contributed by atoms with Crippen LogP contribution in [0.2, 0.25) is 0 Å². The molecule has 0 fully saturated rings. The maximum atomic E-state index is 12.1. The Balaban J connectivity index is 1.47. The second kappa shape index (κ2) is 8.43. The van der Waals surface area contributed by atoms with Gasteiger partial charge in [0.1, 0.15) is 0 Å². The van der Waals surface area contributed by atoms with E-state index in [0.29, 0.717) is 17.4 Å². The van der Waals surface area contributed by atoms with Gasteiger partial charge in [0.05, 0.1) is 4.90 Å². The lowest BCUT2D eigenvalue weighted by molar-refractivity contribution is 0.584. The number of nitrogens with zero attached hydrogens (tertiary/aromatic N) is 2. The Morgan fingerprint density at radius 2 is 1.64 bits per heavy atom. The van der Waals surface area contributed by atoms with Gasteiger partial charge in [-0.3, -0.25) is 0 Å². The SMILES string of the molecule is O=S(=O)(NCCSc1nnc(Nc2ccccc2)s1)c1ccccc1. The van der Waals surface area contributed by atoms with Crippen LogP contribution in [0.5, 0.6) is 0 Å². The molecule has 2 N–H and O–H groups in total. The Kier molecular flexibility index (Phi) is 6.03. The first kappa shape index (κ1) is 17.9. The first-order valence-electron chi connectivity index (χ1n) is 7.46. The van der Waals surface area contributed by atoms with Crippen LogP contribution in [-0.2, 0) is 10.0 Å². The van der Waals surface area contributed by atoms with E-state index in [2.05, 4.69) is 20.2 Å². The number of hydrogen-bond acceptors (Lipinski definition) is 7. The predicted molar refractivity (Wildman–Crippen MR) is 102 cm³/mol. The summed E-state index contributed by atoms with van der Waals surface area (Å²) in [6.45, 7) is 0.322. The summed E-state index contributed by atoms with van der Waals surface area (Å²) in [5, 5.41) is 12.1. The van der Waals surface area contributed by atoms with Crippen molar-refractivity contribution in [2.45, 2.75) is 9.24 Å². The summed E-state index contributed by atoms with van der Waals surface area (Å²) in [6.07, 6.45) is 0. The molecule has 3 aromatic rings. The molecular formula is C16H16N4O2S3. The normalized spacial score (nSPS) is 11.4. The van der Waals surface area contributed by atoms with Crippen LogP contribution in [0.3, 0.4) is 0 Å². The van der Waals surface area contributed by atoms with Crippen molar-refractivity contribution in [3.63, 3.8) is 0 Å². The van der Waals surface area contributed by atoms with Crippen LogP contribution in [0.1, 0.15) is 0 Å². The summed E-state index contributed by atoms with van der Waals surface area (Å²) in [4.78, 5) is 0.269. The molecule has 0 saturated heterocycles. The van der Waals surface area contributed by atoms with E-state index in [9.17, 15) is 8.42 Å². The molecule has 2 aromatic carbocycles. The Morgan fingerprint density at radius 1 is 0.960 bits per heavy atom. The number of rotatable bonds is 8. The van der Waals surface area contributed by atoms with Gasteiger partial charge in [0.2, 0.25) is 15.2 Å². The number of sulfonamides is 1. The second-order valence-electron chi connectivity index (χ2n) is 4.92. The van der Waals surface area contributed by atoms with E-state index in [-0.39, 0.29) is 4.90 Å². The summed E-state index contributed by atoms with van der Waals surface area (Å²) in [6, 6.07) is 18.1. The van der Waals surface area contributed by atoms with Gasteiger partial charge in [-0.2, -0.15) is 0 Å². The highest BCUT2D eigenvalue weighted by Gasteiger charge is 2.12. The van der Waals surface area contributed by atoms with Crippen molar-refractivity contribution in [1.29, 1.82) is 0 Å². The molecule has 0 unspecified atom stereocenters. The van der Waals surface area contributed by atoms with Crippen LogP contribution in [0.25, 0.3) is 0 Å². The average Bonchev–Trinajstić information content (AvgIpc) is 3.08. The molecule has 130 valence electrons. The number of para-hydroxylation sites is 1. The van der Waals surface area contributed by atoms with Crippen LogP contribution >= 0.6 is 23.1 Å². The topological polar surface area (TPSA) is 84.0 Å². The predicted octanol–water partition coefficient (Wildman–Crippen LogP) is 3.35. The van der Waals surface area contributed by atoms with Crippen molar-refractivity contribution < 1.29 is 8.42 Å². The van der Waals surface area contributed by atoms with Crippen molar-refractivity contribution in [3.05, 3.63) is 60.7 Å². The highest BCUT2D eigenvalue weighted by Crippen LogP contribution is 2.27. The molecule has 3 rings (SSSR count). The molecule has 0 aliphatic carbocycles. The number of anilines is 2. The minimum Gasteiger partial charge on any atom is -0.330 e. The van der Waals surface area contributed by atoms with Crippen LogP contribution in [0.15, 0.2) is 69.9 Å². The molecule has 1 aromatic heterocycles. The van der Waals surface area contributed by atoms with E-state index in [0.717, 1.165) is 10.0 Å². The molecule has 25 heavy (non-hydrogen) atoms. The van der Waals surface area contributed by atoms with Gasteiger partial charge in [-0.05, 0) is 24.3 Å². The lowest BCUT2D eigenvalue weighted by atomic mass is 10.3. The third-order valence-corrected chi connectivity index (χ3v) is 6.56. The molecular weight excluding hydrogens is 376 g/mol. The van der Waals surface area contributed by atoms with Crippen molar-refractivity contribution in [2.75, 3.05) is 17.6 Å². The summed E-state index contributed by atoms with van der Waals surface area (Å²) >= 11 is 2.90. The van der Waals surface area contributed by atoms with Crippen molar-refractivity contribution in [2.24, 2.45) is 0 Å². The van der Waals surface area contributed by atoms with Gasteiger partial charge < -0.3 is 5.32 Å². The number of thioether (sulfide) groups is 1. The fourth-order valence-electron chi connectivity index (χ4n) is 1.96. The van der Waals surface area contributed by atoms with Gasteiger partial charge in [0.25, 0.3) is 0 Å². The van der Waals surface area contributed by atoms with Gasteiger partial charge >= 0.3 is 0 Å². The molecule has 0 saturated carbocycles. The number of aromatic nitrogens is 2. The Bertz CT molecular complexity index is 899. The third kappa shape index (κ3) is 5.27. The van der Waals surface area contributed by atoms with Gasteiger partial charge in [-0.1, -0.05) is 59.5 Å². The zero-order chi connectivity index (χ0) is 17.5. The monoisotopic (exact) mass is 392 g/mol. The maximum Gasteiger partial charge on any atom is 0.240 e. The largest absolute Gasteiger partial charge is 0.330 e. The highest BCUT2D eigenvalue weighted by atomic mass is 32.2. The van der Waals surface area contributed by atoms with Crippen molar-refractivity contribution in [1.82, 2.24) is 14.9 Å². The van der Waals surface area contributed by atoms with Gasteiger partial charge in [0, 0.05) is 18.0 Å². The zero-order valence-corrected chi connectivity index (χ0v) is 15.6. The number of hydrogen-bond donors (Lipinski definition) is 2. The maximum absolute atomic E-state index is 12.1. The molecule has 0 spiro atoms. The van der Waals surface area contributed by atoms with Crippen LogP contribution < -0.4 is 10.0 Å². The zero-order valence-electron chi connectivity index (χ0n) is 13.1. The second-order valence-corrected chi connectivity index (χ2v) is 9.01. The number of benzene rings is 2. The molecule has 9 heteroatoms. The lowest BCUT2D eigenvalue weighted by Gasteiger charge is -2.05. The quantitative estimate of drug-likeness (QED) is 0.452. The molecule has 0 amide bonds. The molecule has 0 bridgehead atoms. The van der Waals surface area contributed by atoms with Gasteiger partial charge in [-0.15, -0.1) is 10.2 Å². The fraction of sp³-hybridized carbons (Fsp3) is 0.125. The van der Waals surface area contributed by atoms with Crippen molar-refractivity contribution >= 4 is 43.9 Å². The van der Waals surface area contributed by atoms with Gasteiger partial charge in [-0.25, -0.2) is 13.1 Å².